The minimum absolute atomic E-state index is 0.000196. The van der Waals surface area contributed by atoms with Crippen molar-refractivity contribution in [3.63, 3.8) is 0 Å². The lowest BCUT2D eigenvalue weighted by molar-refractivity contribution is 0.509. The number of benzene rings is 2. The Morgan fingerprint density at radius 1 is 1.05 bits per heavy atom. The van der Waals surface area contributed by atoms with Crippen LogP contribution in [0.25, 0.3) is 0 Å². The summed E-state index contributed by atoms with van der Waals surface area (Å²) in [6.45, 7) is 0. The smallest absolute Gasteiger partial charge is 0.142 e. The zero-order valence-electron chi connectivity index (χ0n) is 10.3. The molecule has 20 heavy (non-hydrogen) atoms. The third kappa shape index (κ3) is 3.10. The summed E-state index contributed by atoms with van der Waals surface area (Å²) >= 11 is 11.9. The van der Waals surface area contributed by atoms with Gasteiger partial charge < -0.3 is 0 Å². The highest BCUT2D eigenvalue weighted by atomic mass is 35.5. The van der Waals surface area contributed by atoms with Crippen molar-refractivity contribution in [2.24, 2.45) is 5.84 Å². The predicted molar refractivity (Wildman–Crippen MR) is 76.6 cm³/mol. The standard InChI is InChI=1S/C14H12Cl2F2N2/c15-9-4-2-5-10(17)13(9)12(20-19)7-8-3-1-6-11(18)14(8)16/h1-6,12,20H,7,19H2. The molecule has 3 N–H and O–H groups in total. The Bertz CT molecular complexity index is 600. The van der Waals surface area contributed by atoms with Crippen molar-refractivity contribution >= 4 is 23.2 Å². The van der Waals surface area contributed by atoms with E-state index in [-0.39, 0.29) is 22.0 Å². The van der Waals surface area contributed by atoms with Crippen molar-refractivity contribution in [3.8, 4) is 0 Å². The summed E-state index contributed by atoms with van der Waals surface area (Å²) in [6.07, 6.45) is 0.216. The van der Waals surface area contributed by atoms with E-state index in [1.54, 1.807) is 12.1 Å². The molecular formula is C14H12Cl2F2N2. The lowest BCUT2D eigenvalue weighted by Crippen LogP contribution is -2.30. The summed E-state index contributed by atoms with van der Waals surface area (Å²) in [6, 6.07) is 8.20. The molecule has 0 aliphatic carbocycles. The van der Waals surface area contributed by atoms with Gasteiger partial charge in [0.15, 0.2) is 0 Å². The predicted octanol–water partition coefficient (Wildman–Crippen LogP) is 4.02. The summed E-state index contributed by atoms with van der Waals surface area (Å²) in [7, 11) is 0. The molecule has 1 unspecified atom stereocenters. The molecule has 0 saturated carbocycles. The van der Waals surface area contributed by atoms with Gasteiger partial charge in [0.25, 0.3) is 0 Å². The molecule has 2 rings (SSSR count). The number of rotatable bonds is 4. The van der Waals surface area contributed by atoms with Gasteiger partial charge in [-0.15, -0.1) is 0 Å². The molecule has 0 fully saturated rings. The van der Waals surface area contributed by atoms with Gasteiger partial charge in [-0.25, -0.2) is 8.78 Å². The van der Waals surface area contributed by atoms with E-state index in [0.29, 0.717) is 5.56 Å². The van der Waals surface area contributed by atoms with Crippen LogP contribution in [-0.4, -0.2) is 0 Å². The van der Waals surface area contributed by atoms with Crippen molar-refractivity contribution in [1.82, 2.24) is 5.43 Å². The van der Waals surface area contributed by atoms with E-state index in [1.807, 2.05) is 0 Å². The monoisotopic (exact) mass is 316 g/mol. The first kappa shape index (κ1) is 15.2. The topological polar surface area (TPSA) is 38.0 Å². The number of hydrazine groups is 1. The van der Waals surface area contributed by atoms with Gasteiger partial charge in [-0.1, -0.05) is 41.4 Å². The van der Waals surface area contributed by atoms with Crippen molar-refractivity contribution < 1.29 is 8.78 Å². The fraction of sp³-hybridized carbons (Fsp3) is 0.143. The SMILES string of the molecule is NNC(Cc1cccc(F)c1Cl)c1c(F)cccc1Cl. The molecule has 0 saturated heterocycles. The molecule has 2 aromatic carbocycles. The van der Waals surface area contributed by atoms with E-state index in [1.165, 1.54) is 24.3 Å². The fourth-order valence-electron chi connectivity index (χ4n) is 2.01. The van der Waals surface area contributed by atoms with Gasteiger partial charge >= 0.3 is 0 Å². The van der Waals surface area contributed by atoms with Crippen LogP contribution < -0.4 is 11.3 Å². The minimum atomic E-state index is -0.608. The highest BCUT2D eigenvalue weighted by Gasteiger charge is 2.20. The first-order valence-corrected chi connectivity index (χ1v) is 6.63. The molecular weight excluding hydrogens is 305 g/mol. The molecule has 2 nitrogen and oxygen atoms in total. The van der Waals surface area contributed by atoms with Gasteiger partial charge in [0, 0.05) is 10.6 Å². The van der Waals surface area contributed by atoms with Crippen LogP contribution in [0.5, 0.6) is 0 Å². The van der Waals surface area contributed by atoms with Gasteiger partial charge in [0.1, 0.15) is 11.6 Å². The average Bonchev–Trinajstić information content (AvgIpc) is 2.42. The Labute approximate surface area is 125 Å². The number of nitrogens with one attached hydrogen (secondary N) is 1. The molecule has 0 spiro atoms. The molecule has 0 aliphatic rings. The Balaban J connectivity index is 2.37. The second-order valence-electron chi connectivity index (χ2n) is 4.27. The Hall–Kier alpha value is -1.20. The first-order valence-electron chi connectivity index (χ1n) is 5.87. The Kier molecular flexibility index (Phi) is 4.94. The summed E-state index contributed by atoms with van der Waals surface area (Å²) in [4.78, 5) is 0. The van der Waals surface area contributed by atoms with E-state index in [2.05, 4.69) is 5.43 Å². The maximum Gasteiger partial charge on any atom is 0.142 e. The lowest BCUT2D eigenvalue weighted by atomic mass is 9.98. The molecule has 0 amide bonds. The third-order valence-corrected chi connectivity index (χ3v) is 3.76. The van der Waals surface area contributed by atoms with Gasteiger partial charge in [0.2, 0.25) is 0 Å². The minimum Gasteiger partial charge on any atom is -0.271 e. The quantitative estimate of drug-likeness (QED) is 0.660. The van der Waals surface area contributed by atoms with E-state index in [4.69, 9.17) is 29.0 Å². The number of nitrogens with two attached hydrogens (primary N) is 1. The highest BCUT2D eigenvalue weighted by Crippen LogP contribution is 2.30. The van der Waals surface area contributed by atoms with Crippen molar-refractivity contribution in [1.29, 1.82) is 0 Å². The fourth-order valence-corrected chi connectivity index (χ4v) is 2.51. The molecule has 0 bridgehead atoms. The third-order valence-electron chi connectivity index (χ3n) is 3.00. The molecule has 0 heterocycles. The summed E-state index contributed by atoms with van der Waals surface area (Å²) in [5.41, 5.74) is 3.25. The van der Waals surface area contributed by atoms with E-state index < -0.39 is 17.7 Å². The maximum absolute atomic E-state index is 13.9. The van der Waals surface area contributed by atoms with Crippen LogP contribution in [0.15, 0.2) is 36.4 Å². The zero-order chi connectivity index (χ0) is 14.7. The highest BCUT2D eigenvalue weighted by molar-refractivity contribution is 6.32. The maximum atomic E-state index is 13.9. The molecule has 106 valence electrons. The van der Waals surface area contributed by atoms with Crippen molar-refractivity contribution in [2.45, 2.75) is 12.5 Å². The normalized spacial score (nSPS) is 12.4. The summed E-state index contributed by atoms with van der Waals surface area (Å²) < 4.78 is 27.3. The summed E-state index contributed by atoms with van der Waals surface area (Å²) in [5, 5.41) is 0.251. The molecule has 0 aromatic heterocycles. The molecule has 6 heteroatoms. The number of hydrogen-bond donors (Lipinski definition) is 2. The molecule has 0 aliphatic heterocycles. The van der Waals surface area contributed by atoms with Crippen LogP contribution in [0.3, 0.4) is 0 Å². The van der Waals surface area contributed by atoms with E-state index in [0.717, 1.165) is 0 Å². The van der Waals surface area contributed by atoms with Crippen LogP contribution in [0, 0.1) is 11.6 Å². The molecule has 1 atom stereocenters. The Morgan fingerprint density at radius 3 is 2.35 bits per heavy atom. The first-order chi connectivity index (χ1) is 9.54. The number of hydrogen-bond acceptors (Lipinski definition) is 2. The van der Waals surface area contributed by atoms with Gasteiger partial charge in [-0.05, 0) is 30.2 Å². The average molecular weight is 317 g/mol. The summed E-state index contributed by atoms with van der Waals surface area (Å²) in [5.74, 6) is 4.46. The van der Waals surface area contributed by atoms with Crippen molar-refractivity contribution in [3.05, 3.63) is 69.2 Å². The van der Waals surface area contributed by atoms with E-state index >= 15 is 0 Å². The zero-order valence-corrected chi connectivity index (χ0v) is 11.8. The van der Waals surface area contributed by atoms with Crippen LogP contribution >= 0.6 is 23.2 Å². The van der Waals surface area contributed by atoms with Crippen LogP contribution in [-0.2, 0) is 6.42 Å². The van der Waals surface area contributed by atoms with E-state index in [9.17, 15) is 8.78 Å². The number of halogens is 4. The second kappa shape index (κ2) is 6.50. The van der Waals surface area contributed by atoms with Crippen molar-refractivity contribution in [2.75, 3.05) is 0 Å². The molecule has 2 aromatic rings. The van der Waals surface area contributed by atoms with Gasteiger partial charge in [-0.2, -0.15) is 0 Å². The van der Waals surface area contributed by atoms with Crippen LogP contribution in [0.1, 0.15) is 17.2 Å². The van der Waals surface area contributed by atoms with Crippen LogP contribution in [0.4, 0.5) is 8.78 Å². The second-order valence-corrected chi connectivity index (χ2v) is 5.06. The Morgan fingerprint density at radius 2 is 1.70 bits per heavy atom. The van der Waals surface area contributed by atoms with Crippen LogP contribution in [0.2, 0.25) is 10.0 Å². The molecule has 0 radical (unpaired) electrons. The van der Waals surface area contributed by atoms with Gasteiger partial charge in [0.05, 0.1) is 11.1 Å². The lowest BCUT2D eigenvalue weighted by Gasteiger charge is -2.19. The van der Waals surface area contributed by atoms with Gasteiger partial charge in [-0.3, -0.25) is 11.3 Å². The largest absolute Gasteiger partial charge is 0.271 e.